The molecule has 1 aromatic heterocycles. The van der Waals surface area contributed by atoms with Gasteiger partial charge in [-0.1, -0.05) is 30.7 Å². The van der Waals surface area contributed by atoms with E-state index in [9.17, 15) is 4.79 Å². The van der Waals surface area contributed by atoms with E-state index >= 15 is 0 Å². The molecule has 2 aromatic rings. The molecule has 0 radical (unpaired) electrons. The van der Waals surface area contributed by atoms with Gasteiger partial charge in [0.2, 0.25) is 0 Å². The molecular formula is C22H26N2O2. The fourth-order valence-electron chi connectivity index (χ4n) is 4.63. The molecular weight excluding hydrogens is 324 g/mol. The van der Waals surface area contributed by atoms with Gasteiger partial charge in [0.1, 0.15) is 0 Å². The molecule has 26 heavy (non-hydrogen) atoms. The Hall–Kier alpha value is -2.20. The Morgan fingerprint density at radius 1 is 1.27 bits per heavy atom. The molecule has 4 nitrogen and oxygen atoms in total. The van der Waals surface area contributed by atoms with Crippen LogP contribution in [0.15, 0.2) is 48.7 Å². The van der Waals surface area contributed by atoms with Crippen molar-refractivity contribution < 1.29 is 9.53 Å². The number of pyridine rings is 1. The summed E-state index contributed by atoms with van der Waals surface area (Å²) < 4.78 is 6.07. The fraction of sp³-hybridized carbons (Fsp3) is 0.455. The number of carbonyl (C=O) groups excluding carboxylic acids is 1. The highest BCUT2D eigenvalue weighted by molar-refractivity contribution is 5.95. The quantitative estimate of drug-likeness (QED) is 0.822. The van der Waals surface area contributed by atoms with Gasteiger partial charge in [-0.2, -0.15) is 0 Å². The largest absolute Gasteiger partial charge is 0.375 e. The van der Waals surface area contributed by atoms with Gasteiger partial charge in [-0.3, -0.25) is 9.78 Å². The van der Waals surface area contributed by atoms with E-state index in [0.29, 0.717) is 19.1 Å². The molecule has 0 bridgehead atoms. The van der Waals surface area contributed by atoms with Crippen LogP contribution in [0.2, 0.25) is 0 Å². The molecule has 4 rings (SSSR count). The molecule has 1 saturated heterocycles. The molecule has 0 unspecified atom stereocenters. The average molecular weight is 350 g/mol. The summed E-state index contributed by atoms with van der Waals surface area (Å²) in [5, 5.41) is 0. The first kappa shape index (κ1) is 17.2. The van der Waals surface area contributed by atoms with Gasteiger partial charge >= 0.3 is 0 Å². The predicted octanol–water partition coefficient (Wildman–Crippen LogP) is 3.85. The zero-order valence-corrected chi connectivity index (χ0v) is 15.4. The fourth-order valence-corrected chi connectivity index (χ4v) is 4.63. The van der Waals surface area contributed by atoms with E-state index in [-0.39, 0.29) is 11.3 Å². The molecule has 1 aliphatic carbocycles. The summed E-state index contributed by atoms with van der Waals surface area (Å²) in [6.07, 6.45) is 5.39. The summed E-state index contributed by atoms with van der Waals surface area (Å²) in [7, 11) is 0. The third kappa shape index (κ3) is 3.26. The zero-order chi connectivity index (χ0) is 18.0. The lowest BCUT2D eigenvalue weighted by Gasteiger charge is -2.28. The van der Waals surface area contributed by atoms with Crippen LogP contribution in [0, 0.1) is 18.3 Å². The van der Waals surface area contributed by atoms with E-state index in [1.54, 1.807) is 6.20 Å². The van der Waals surface area contributed by atoms with Crippen LogP contribution in [0.25, 0.3) is 0 Å². The highest BCUT2D eigenvalue weighted by atomic mass is 16.5. The molecule has 1 aromatic carbocycles. The van der Waals surface area contributed by atoms with Crippen molar-refractivity contribution in [3.8, 4) is 0 Å². The maximum atomic E-state index is 13.0. The van der Waals surface area contributed by atoms with Crippen molar-refractivity contribution in [1.29, 1.82) is 0 Å². The van der Waals surface area contributed by atoms with Crippen molar-refractivity contribution >= 4 is 5.91 Å². The Kier molecular flexibility index (Phi) is 4.77. The van der Waals surface area contributed by atoms with Gasteiger partial charge in [-0.05, 0) is 49.4 Å². The van der Waals surface area contributed by atoms with E-state index in [1.165, 1.54) is 12.8 Å². The van der Waals surface area contributed by atoms with Crippen LogP contribution in [-0.4, -0.2) is 35.5 Å². The maximum Gasteiger partial charge on any atom is 0.254 e. The van der Waals surface area contributed by atoms with Gasteiger partial charge in [-0.15, -0.1) is 0 Å². The number of amides is 1. The van der Waals surface area contributed by atoms with Gasteiger partial charge in [-0.25, -0.2) is 0 Å². The number of fused-ring (bicyclic) bond motifs is 1. The lowest BCUT2D eigenvalue weighted by atomic mass is 9.81. The summed E-state index contributed by atoms with van der Waals surface area (Å²) in [6, 6.07) is 13.8. The molecule has 1 amide bonds. The Morgan fingerprint density at radius 3 is 2.92 bits per heavy atom. The number of ether oxygens (including phenoxy) is 1. The van der Waals surface area contributed by atoms with Crippen LogP contribution in [-0.2, 0) is 11.3 Å². The first-order valence-electron chi connectivity index (χ1n) is 9.50. The van der Waals surface area contributed by atoms with E-state index in [1.807, 2.05) is 49.4 Å². The number of hydrogen-bond donors (Lipinski definition) is 0. The lowest BCUT2D eigenvalue weighted by Crippen LogP contribution is -2.35. The Balaban J connectivity index is 1.43. The van der Waals surface area contributed by atoms with Crippen molar-refractivity contribution in [1.82, 2.24) is 9.88 Å². The van der Waals surface area contributed by atoms with Gasteiger partial charge in [0.05, 0.1) is 18.9 Å². The summed E-state index contributed by atoms with van der Waals surface area (Å²) in [5.74, 6) is 0.723. The first-order valence-corrected chi connectivity index (χ1v) is 9.50. The number of likely N-dealkylation sites (tertiary alicyclic amines) is 1. The minimum atomic E-state index is 0.118. The van der Waals surface area contributed by atoms with Gasteiger partial charge in [0.15, 0.2) is 0 Å². The first-order chi connectivity index (χ1) is 12.7. The number of hydrogen-bond acceptors (Lipinski definition) is 3. The highest BCUT2D eigenvalue weighted by Crippen LogP contribution is 2.49. The molecule has 2 heterocycles. The van der Waals surface area contributed by atoms with Crippen LogP contribution >= 0.6 is 0 Å². The summed E-state index contributed by atoms with van der Waals surface area (Å²) in [4.78, 5) is 19.4. The molecule has 1 aliphatic heterocycles. The van der Waals surface area contributed by atoms with Gasteiger partial charge in [0, 0.05) is 30.3 Å². The van der Waals surface area contributed by atoms with Gasteiger partial charge in [0.25, 0.3) is 5.91 Å². The topological polar surface area (TPSA) is 42.4 Å². The van der Waals surface area contributed by atoms with Gasteiger partial charge < -0.3 is 9.64 Å². The Labute approximate surface area is 155 Å². The minimum Gasteiger partial charge on any atom is -0.375 e. The van der Waals surface area contributed by atoms with Crippen LogP contribution in [0.4, 0.5) is 0 Å². The number of aromatic nitrogens is 1. The van der Waals surface area contributed by atoms with Crippen LogP contribution in [0.3, 0.4) is 0 Å². The second kappa shape index (κ2) is 7.20. The number of aryl methyl sites for hydroxylation is 1. The van der Waals surface area contributed by atoms with E-state index in [4.69, 9.17) is 4.74 Å². The normalized spacial score (nSPS) is 24.7. The Bertz CT molecular complexity index is 777. The average Bonchev–Trinajstić information content (AvgIpc) is 3.20. The molecule has 2 aliphatic rings. The smallest absolute Gasteiger partial charge is 0.254 e. The molecule has 136 valence electrons. The van der Waals surface area contributed by atoms with Crippen molar-refractivity contribution in [2.75, 3.05) is 19.7 Å². The van der Waals surface area contributed by atoms with Crippen LogP contribution < -0.4 is 0 Å². The predicted molar refractivity (Wildman–Crippen MR) is 101 cm³/mol. The Morgan fingerprint density at radius 2 is 2.12 bits per heavy atom. The molecule has 2 fully saturated rings. The SMILES string of the molecule is Cc1ccccc1C(=O)N1C[C@H]2CCC[C@@]2(COCc2ccccn2)C1. The zero-order valence-electron chi connectivity index (χ0n) is 15.4. The molecule has 0 spiro atoms. The molecule has 0 N–H and O–H groups in total. The maximum absolute atomic E-state index is 13.0. The number of carbonyl (C=O) groups is 1. The van der Waals surface area contributed by atoms with E-state index in [0.717, 1.165) is 36.3 Å². The lowest BCUT2D eigenvalue weighted by molar-refractivity contribution is 0.0252. The summed E-state index contributed by atoms with van der Waals surface area (Å²) in [6.45, 7) is 4.94. The third-order valence-corrected chi connectivity index (χ3v) is 6.07. The second-order valence-electron chi connectivity index (χ2n) is 7.77. The third-order valence-electron chi connectivity index (χ3n) is 6.07. The minimum absolute atomic E-state index is 0.118. The molecule has 2 atom stereocenters. The molecule has 4 heteroatoms. The number of benzene rings is 1. The van der Waals surface area contributed by atoms with Crippen molar-refractivity contribution in [2.24, 2.45) is 11.3 Å². The van der Waals surface area contributed by atoms with Crippen molar-refractivity contribution in [3.05, 3.63) is 65.5 Å². The van der Waals surface area contributed by atoms with E-state index in [2.05, 4.69) is 9.88 Å². The van der Waals surface area contributed by atoms with Crippen molar-refractivity contribution in [2.45, 2.75) is 32.8 Å². The van der Waals surface area contributed by atoms with E-state index < -0.39 is 0 Å². The highest BCUT2D eigenvalue weighted by Gasteiger charge is 2.50. The monoisotopic (exact) mass is 350 g/mol. The van der Waals surface area contributed by atoms with Crippen LogP contribution in [0.5, 0.6) is 0 Å². The standard InChI is InChI=1S/C22H26N2O2/c1-17-7-2-3-10-20(17)21(25)24-13-18-8-6-11-22(18,15-24)16-26-14-19-9-4-5-12-23-19/h2-5,7,9-10,12,18H,6,8,11,13-16H2,1H3/t18-,22+/m1/s1. The molecule has 1 saturated carbocycles. The second-order valence-corrected chi connectivity index (χ2v) is 7.77. The van der Waals surface area contributed by atoms with Crippen LogP contribution in [0.1, 0.15) is 40.9 Å². The summed E-state index contributed by atoms with van der Waals surface area (Å²) >= 11 is 0. The number of rotatable bonds is 5. The van der Waals surface area contributed by atoms with Crippen molar-refractivity contribution in [3.63, 3.8) is 0 Å². The summed E-state index contributed by atoms with van der Waals surface area (Å²) in [5.41, 5.74) is 2.96. The number of nitrogens with zero attached hydrogens (tertiary/aromatic N) is 2.